The van der Waals surface area contributed by atoms with Gasteiger partial charge in [0.2, 0.25) is 0 Å². The van der Waals surface area contributed by atoms with Crippen molar-refractivity contribution in [3.05, 3.63) is 75.0 Å². The highest BCUT2D eigenvalue weighted by atomic mass is 32.2. The van der Waals surface area contributed by atoms with Crippen molar-refractivity contribution in [2.75, 3.05) is 6.26 Å². The summed E-state index contributed by atoms with van der Waals surface area (Å²) in [5.41, 5.74) is 0.863. The van der Waals surface area contributed by atoms with Crippen molar-refractivity contribution in [3.63, 3.8) is 0 Å². The van der Waals surface area contributed by atoms with Gasteiger partial charge in [-0.15, -0.1) is 23.1 Å². The van der Waals surface area contributed by atoms with Crippen LogP contribution in [0.1, 0.15) is 16.1 Å². The van der Waals surface area contributed by atoms with Gasteiger partial charge in [-0.2, -0.15) is 0 Å². The number of benzene rings is 2. The summed E-state index contributed by atoms with van der Waals surface area (Å²) in [4.78, 5) is 27.9. The first kappa shape index (κ1) is 19.0. The molecule has 0 saturated carbocycles. The first-order chi connectivity index (χ1) is 13.0. The smallest absolute Gasteiger partial charge is 0.345 e. The molecule has 0 amide bonds. The molecule has 6 nitrogen and oxygen atoms in total. The van der Waals surface area contributed by atoms with Gasteiger partial charge in [0.05, 0.1) is 10.6 Å². The number of nitro groups is 1. The van der Waals surface area contributed by atoms with Gasteiger partial charge in [0.15, 0.2) is 0 Å². The second-order valence-corrected chi connectivity index (χ2v) is 7.10. The molecule has 0 bridgehead atoms. The molecule has 0 fully saturated rings. The van der Waals surface area contributed by atoms with E-state index in [0.29, 0.717) is 10.7 Å². The number of thioether (sulfide) groups is 1. The molecule has 0 aliphatic carbocycles. The van der Waals surface area contributed by atoms with Crippen LogP contribution in [0.15, 0.2) is 52.7 Å². The molecular weight excluding hydrogens is 391 g/mol. The van der Waals surface area contributed by atoms with E-state index in [9.17, 15) is 19.3 Å². The minimum Gasteiger partial charge on any atom is -0.455 e. The molecule has 0 unspecified atom stereocenters. The van der Waals surface area contributed by atoms with E-state index < -0.39 is 10.9 Å². The summed E-state index contributed by atoms with van der Waals surface area (Å²) in [7, 11) is 0. The van der Waals surface area contributed by atoms with Crippen LogP contribution in [0.5, 0.6) is 0 Å². The van der Waals surface area contributed by atoms with Crippen LogP contribution in [-0.2, 0) is 11.3 Å². The van der Waals surface area contributed by atoms with E-state index >= 15 is 0 Å². The molecule has 0 atom stereocenters. The lowest BCUT2D eigenvalue weighted by atomic mass is 10.2. The lowest BCUT2D eigenvalue weighted by molar-refractivity contribution is -0.385. The Balaban J connectivity index is 1.73. The zero-order valence-corrected chi connectivity index (χ0v) is 15.7. The van der Waals surface area contributed by atoms with Gasteiger partial charge < -0.3 is 4.74 Å². The van der Waals surface area contributed by atoms with Gasteiger partial charge in [-0.1, -0.05) is 0 Å². The Bertz CT molecular complexity index is 989. The van der Waals surface area contributed by atoms with E-state index in [-0.39, 0.29) is 23.7 Å². The topological polar surface area (TPSA) is 82.3 Å². The third kappa shape index (κ3) is 4.50. The van der Waals surface area contributed by atoms with E-state index in [4.69, 9.17) is 4.74 Å². The van der Waals surface area contributed by atoms with Crippen molar-refractivity contribution in [1.29, 1.82) is 0 Å². The number of esters is 1. The quantitative estimate of drug-likeness (QED) is 0.251. The van der Waals surface area contributed by atoms with Crippen LogP contribution < -0.4 is 0 Å². The number of ether oxygens (including phenoxy) is 1. The molecule has 1 aromatic heterocycles. The Hall–Kier alpha value is -2.78. The van der Waals surface area contributed by atoms with Gasteiger partial charge >= 0.3 is 5.97 Å². The number of hydrogen-bond donors (Lipinski definition) is 0. The summed E-state index contributed by atoms with van der Waals surface area (Å²) < 4.78 is 18.2. The summed E-state index contributed by atoms with van der Waals surface area (Å²) in [6.45, 7) is -0.114. The number of nitrogens with zero attached hydrogens (tertiary/aromatic N) is 2. The normalized spacial score (nSPS) is 10.6. The maximum atomic E-state index is 13.0. The van der Waals surface area contributed by atoms with Gasteiger partial charge in [-0.3, -0.25) is 10.1 Å². The van der Waals surface area contributed by atoms with E-state index in [0.717, 1.165) is 10.5 Å². The molecule has 0 saturated heterocycles. The lowest BCUT2D eigenvalue weighted by Crippen LogP contribution is -2.08. The number of carbonyl (C=O) groups is 1. The van der Waals surface area contributed by atoms with E-state index in [1.54, 1.807) is 23.6 Å². The fourth-order valence-corrected chi connectivity index (χ4v) is 3.53. The number of rotatable bonds is 6. The summed E-state index contributed by atoms with van der Waals surface area (Å²) in [6.07, 6.45) is 1.81. The van der Waals surface area contributed by atoms with Crippen LogP contribution in [0.4, 0.5) is 10.1 Å². The van der Waals surface area contributed by atoms with E-state index in [2.05, 4.69) is 4.98 Å². The molecule has 0 N–H and O–H groups in total. The Morgan fingerprint density at radius 2 is 2.04 bits per heavy atom. The lowest BCUT2D eigenvalue weighted by Gasteiger charge is -2.05. The van der Waals surface area contributed by atoms with Crippen LogP contribution in [0.3, 0.4) is 0 Å². The van der Waals surface area contributed by atoms with Crippen LogP contribution in [0, 0.1) is 15.9 Å². The van der Waals surface area contributed by atoms with Gasteiger partial charge in [-0.25, -0.2) is 14.2 Å². The largest absolute Gasteiger partial charge is 0.455 e. The highest BCUT2D eigenvalue weighted by Crippen LogP contribution is 2.27. The fraction of sp³-hybridized carbons (Fsp3) is 0.111. The minimum atomic E-state index is -0.783. The average molecular weight is 404 g/mol. The van der Waals surface area contributed by atoms with Crippen molar-refractivity contribution < 1.29 is 18.8 Å². The molecular formula is C18H13FN2O4S2. The zero-order valence-electron chi connectivity index (χ0n) is 14.0. The summed E-state index contributed by atoms with van der Waals surface area (Å²) in [6, 6.07) is 10.2. The van der Waals surface area contributed by atoms with Crippen LogP contribution in [0.25, 0.3) is 10.6 Å². The average Bonchev–Trinajstić information content (AvgIpc) is 3.15. The number of thiazole rings is 1. The molecule has 0 aliphatic heterocycles. The van der Waals surface area contributed by atoms with Gasteiger partial charge in [0.25, 0.3) is 5.69 Å². The first-order valence-electron chi connectivity index (χ1n) is 7.68. The highest BCUT2D eigenvalue weighted by Gasteiger charge is 2.22. The Morgan fingerprint density at radius 3 is 2.70 bits per heavy atom. The molecule has 0 radical (unpaired) electrons. The predicted octanol–water partition coefficient (Wildman–Crippen LogP) is 4.94. The molecule has 0 aliphatic rings. The Kier molecular flexibility index (Phi) is 5.82. The second kappa shape index (κ2) is 8.28. The molecule has 138 valence electrons. The Morgan fingerprint density at radius 1 is 1.30 bits per heavy atom. The SMILES string of the molecule is CSc1ccc([N+](=O)[O-])c(C(=O)OCc2csc(-c3ccc(F)cc3)n2)c1. The maximum absolute atomic E-state index is 13.0. The zero-order chi connectivity index (χ0) is 19.4. The fourth-order valence-electron chi connectivity index (χ4n) is 2.28. The molecule has 0 spiro atoms. The van der Waals surface area contributed by atoms with Crippen molar-refractivity contribution in [3.8, 4) is 10.6 Å². The third-order valence-corrected chi connectivity index (χ3v) is 5.28. The monoisotopic (exact) mass is 404 g/mol. The van der Waals surface area contributed by atoms with E-state index in [1.807, 2.05) is 6.26 Å². The van der Waals surface area contributed by atoms with Crippen LogP contribution in [0.2, 0.25) is 0 Å². The Labute approximate surface area is 162 Å². The van der Waals surface area contributed by atoms with Crippen LogP contribution >= 0.6 is 23.1 Å². The van der Waals surface area contributed by atoms with Crippen molar-refractivity contribution in [1.82, 2.24) is 4.98 Å². The second-order valence-electron chi connectivity index (χ2n) is 5.37. The first-order valence-corrected chi connectivity index (χ1v) is 9.78. The molecule has 27 heavy (non-hydrogen) atoms. The van der Waals surface area contributed by atoms with Gasteiger partial charge in [-0.05, 0) is 42.7 Å². The molecule has 9 heteroatoms. The molecule has 2 aromatic carbocycles. The van der Waals surface area contributed by atoms with Gasteiger partial charge in [0, 0.05) is 21.9 Å². The van der Waals surface area contributed by atoms with Crippen LogP contribution in [-0.4, -0.2) is 22.1 Å². The number of carbonyl (C=O) groups excluding carboxylic acids is 1. The predicted molar refractivity (Wildman–Crippen MR) is 102 cm³/mol. The van der Waals surface area contributed by atoms with Crippen molar-refractivity contribution in [2.45, 2.75) is 11.5 Å². The molecule has 3 rings (SSSR count). The standard InChI is InChI=1S/C18H13FN2O4S2/c1-26-14-6-7-16(21(23)24)15(8-14)18(22)25-9-13-10-27-17(20-13)11-2-4-12(19)5-3-11/h2-8,10H,9H2,1H3. The minimum absolute atomic E-state index is 0.0964. The van der Waals surface area contributed by atoms with Gasteiger partial charge in [0.1, 0.15) is 23.0 Å². The summed E-state index contributed by atoms with van der Waals surface area (Å²) >= 11 is 2.70. The number of aromatic nitrogens is 1. The summed E-state index contributed by atoms with van der Waals surface area (Å²) in [5.74, 6) is -1.12. The molecule has 3 aromatic rings. The number of hydrogen-bond acceptors (Lipinski definition) is 7. The highest BCUT2D eigenvalue weighted by molar-refractivity contribution is 7.98. The number of halogens is 1. The summed E-state index contributed by atoms with van der Waals surface area (Å²) in [5, 5.41) is 13.5. The van der Waals surface area contributed by atoms with E-state index in [1.165, 1.54) is 47.4 Å². The number of nitro benzene ring substituents is 1. The van der Waals surface area contributed by atoms with Crippen molar-refractivity contribution >= 4 is 34.8 Å². The van der Waals surface area contributed by atoms with Crippen molar-refractivity contribution in [2.24, 2.45) is 0 Å². The maximum Gasteiger partial charge on any atom is 0.345 e. The molecule has 1 heterocycles. The third-order valence-electron chi connectivity index (χ3n) is 3.61.